The van der Waals surface area contributed by atoms with Crippen LogP contribution in [-0.2, 0) is 9.59 Å². The van der Waals surface area contributed by atoms with Crippen molar-refractivity contribution in [2.45, 2.75) is 12.8 Å². The lowest BCUT2D eigenvalue weighted by atomic mass is 9.97. The van der Waals surface area contributed by atoms with Crippen molar-refractivity contribution in [2.24, 2.45) is 0 Å². The first kappa shape index (κ1) is 9.45. The second-order valence-electron chi connectivity index (χ2n) is 2.82. The van der Waals surface area contributed by atoms with Crippen molar-refractivity contribution in [3.8, 4) is 5.75 Å². The highest BCUT2D eigenvalue weighted by molar-refractivity contribution is 5.97. The van der Waals surface area contributed by atoms with Gasteiger partial charge in [0.1, 0.15) is 17.8 Å². The maximum atomic E-state index is 11.0. The van der Waals surface area contributed by atoms with Crippen LogP contribution in [0.5, 0.6) is 5.75 Å². The summed E-state index contributed by atoms with van der Waals surface area (Å²) in [6, 6.07) is 6.04. The van der Waals surface area contributed by atoms with Crippen LogP contribution >= 0.6 is 0 Å². The van der Waals surface area contributed by atoms with Crippen molar-refractivity contribution in [1.82, 2.24) is 0 Å². The van der Waals surface area contributed by atoms with Crippen LogP contribution in [0.3, 0.4) is 0 Å². The van der Waals surface area contributed by atoms with E-state index >= 15 is 0 Å². The van der Waals surface area contributed by atoms with E-state index in [9.17, 15) is 9.59 Å². The fraction of sp³-hybridized carbons (Fsp3) is 0.200. The molecule has 3 heteroatoms. The third-order valence-electron chi connectivity index (χ3n) is 1.83. The number of phenolic OH excluding ortho intramolecular Hbond substituents is 1. The number of aldehydes is 1. The maximum Gasteiger partial charge on any atom is 0.144 e. The second-order valence-corrected chi connectivity index (χ2v) is 2.82. The largest absolute Gasteiger partial charge is 0.508 e. The lowest BCUT2D eigenvalue weighted by Gasteiger charge is -2.05. The molecule has 1 aromatic rings. The molecule has 0 saturated carbocycles. The molecule has 1 atom stereocenters. The maximum absolute atomic E-state index is 11.0. The highest BCUT2D eigenvalue weighted by Gasteiger charge is 2.14. The Morgan fingerprint density at radius 3 is 2.31 bits per heavy atom. The zero-order chi connectivity index (χ0) is 9.84. The SMILES string of the molecule is CC(=O)C(C=O)c1ccc(O)cc1. The van der Waals surface area contributed by atoms with E-state index in [0.717, 1.165) is 0 Å². The number of aromatic hydroxyl groups is 1. The summed E-state index contributed by atoms with van der Waals surface area (Å²) in [4.78, 5) is 21.5. The number of phenols is 1. The van der Waals surface area contributed by atoms with Gasteiger partial charge in [-0.2, -0.15) is 0 Å². The van der Waals surface area contributed by atoms with Crippen LogP contribution in [0.15, 0.2) is 24.3 Å². The molecule has 1 rings (SSSR count). The number of hydrogen-bond acceptors (Lipinski definition) is 3. The van der Waals surface area contributed by atoms with Gasteiger partial charge in [-0.25, -0.2) is 0 Å². The van der Waals surface area contributed by atoms with E-state index in [1.165, 1.54) is 19.1 Å². The molecule has 13 heavy (non-hydrogen) atoms. The Labute approximate surface area is 76.0 Å². The Morgan fingerprint density at radius 2 is 1.92 bits per heavy atom. The molecule has 1 aromatic carbocycles. The predicted molar refractivity (Wildman–Crippen MR) is 47.6 cm³/mol. The minimum Gasteiger partial charge on any atom is -0.508 e. The van der Waals surface area contributed by atoms with E-state index in [4.69, 9.17) is 5.11 Å². The number of benzene rings is 1. The van der Waals surface area contributed by atoms with Gasteiger partial charge in [0.05, 0.1) is 5.92 Å². The van der Waals surface area contributed by atoms with Gasteiger partial charge in [0.15, 0.2) is 0 Å². The number of carbonyl (C=O) groups is 2. The quantitative estimate of drug-likeness (QED) is 0.560. The Balaban J connectivity index is 2.99. The van der Waals surface area contributed by atoms with Crippen LogP contribution in [0.1, 0.15) is 18.4 Å². The van der Waals surface area contributed by atoms with Crippen molar-refractivity contribution in [2.75, 3.05) is 0 Å². The molecular weight excluding hydrogens is 168 g/mol. The summed E-state index contributed by atoms with van der Waals surface area (Å²) in [7, 11) is 0. The first-order valence-electron chi connectivity index (χ1n) is 3.90. The van der Waals surface area contributed by atoms with Gasteiger partial charge in [-0.3, -0.25) is 4.79 Å². The Hall–Kier alpha value is -1.64. The summed E-state index contributed by atoms with van der Waals surface area (Å²) in [5, 5.41) is 8.98. The highest BCUT2D eigenvalue weighted by atomic mass is 16.3. The fourth-order valence-electron chi connectivity index (χ4n) is 1.09. The van der Waals surface area contributed by atoms with Crippen LogP contribution in [-0.4, -0.2) is 17.2 Å². The summed E-state index contributed by atoms with van der Waals surface area (Å²) >= 11 is 0. The zero-order valence-electron chi connectivity index (χ0n) is 7.23. The minimum absolute atomic E-state index is 0.122. The van der Waals surface area contributed by atoms with Gasteiger partial charge in [0, 0.05) is 0 Å². The normalized spacial score (nSPS) is 12.1. The van der Waals surface area contributed by atoms with E-state index < -0.39 is 5.92 Å². The molecule has 1 N–H and O–H groups in total. The van der Waals surface area contributed by atoms with Crippen molar-refractivity contribution in [3.05, 3.63) is 29.8 Å². The van der Waals surface area contributed by atoms with Gasteiger partial charge >= 0.3 is 0 Å². The average molecular weight is 178 g/mol. The van der Waals surface area contributed by atoms with Crippen LogP contribution in [0, 0.1) is 0 Å². The number of Topliss-reactive ketones (excluding diaryl/α,β-unsaturated/α-hetero) is 1. The molecule has 3 nitrogen and oxygen atoms in total. The number of carbonyl (C=O) groups excluding carboxylic acids is 2. The van der Waals surface area contributed by atoms with Gasteiger partial charge < -0.3 is 9.90 Å². The smallest absolute Gasteiger partial charge is 0.144 e. The van der Waals surface area contributed by atoms with E-state index in [1.54, 1.807) is 12.1 Å². The second kappa shape index (κ2) is 3.85. The molecule has 0 heterocycles. The number of ketones is 1. The molecule has 0 aliphatic rings. The highest BCUT2D eigenvalue weighted by Crippen LogP contribution is 2.17. The van der Waals surface area contributed by atoms with Crippen molar-refractivity contribution >= 4 is 12.1 Å². The van der Waals surface area contributed by atoms with Crippen molar-refractivity contribution in [3.63, 3.8) is 0 Å². The molecule has 0 aliphatic carbocycles. The lowest BCUT2D eigenvalue weighted by Crippen LogP contribution is -2.09. The van der Waals surface area contributed by atoms with Gasteiger partial charge in [0.2, 0.25) is 0 Å². The van der Waals surface area contributed by atoms with E-state index in [0.29, 0.717) is 11.8 Å². The van der Waals surface area contributed by atoms with Gasteiger partial charge in [-0.05, 0) is 24.6 Å². The van der Waals surface area contributed by atoms with E-state index in [1.807, 2.05) is 0 Å². The summed E-state index contributed by atoms with van der Waals surface area (Å²) in [6.45, 7) is 1.37. The third kappa shape index (κ3) is 2.15. The Kier molecular flexibility index (Phi) is 2.80. The number of rotatable bonds is 3. The standard InChI is InChI=1S/C10H10O3/c1-7(12)10(6-11)8-2-4-9(13)5-3-8/h2-6,10,13H,1H3. The first-order chi connectivity index (χ1) is 6.15. The lowest BCUT2D eigenvalue weighted by molar-refractivity contribution is -0.122. The molecule has 0 aromatic heterocycles. The molecule has 1 unspecified atom stereocenters. The molecule has 0 saturated heterocycles. The molecule has 0 bridgehead atoms. The van der Waals surface area contributed by atoms with Crippen LogP contribution in [0.25, 0.3) is 0 Å². The van der Waals surface area contributed by atoms with E-state index in [-0.39, 0.29) is 11.5 Å². The van der Waals surface area contributed by atoms with Gasteiger partial charge in [-0.15, -0.1) is 0 Å². The number of hydrogen-bond donors (Lipinski definition) is 1. The zero-order valence-corrected chi connectivity index (χ0v) is 7.23. The summed E-state index contributed by atoms with van der Waals surface area (Å²) in [5.41, 5.74) is 0.611. The fourth-order valence-corrected chi connectivity index (χ4v) is 1.09. The monoisotopic (exact) mass is 178 g/mol. The summed E-state index contributed by atoms with van der Waals surface area (Å²) in [5.74, 6) is -0.779. The van der Waals surface area contributed by atoms with Gasteiger partial charge in [0.25, 0.3) is 0 Å². The van der Waals surface area contributed by atoms with Crippen molar-refractivity contribution in [1.29, 1.82) is 0 Å². The molecule has 0 spiro atoms. The molecule has 0 aliphatic heterocycles. The Morgan fingerprint density at radius 1 is 1.38 bits per heavy atom. The Bertz CT molecular complexity index is 313. The first-order valence-corrected chi connectivity index (χ1v) is 3.90. The predicted octanol–water partition coefficient (Wildman–Crippen LogP) is 1.26. The van der Waals surface area contributed by atoms with E-state index in [2.05, 4.69) is 0 Å². The summed E-state index contributed by atoms with van der Waals surface area (Å²) in [6.07, 6.45) is 0.606. The topological polar surface area (TPSA) is 54.4 Å². The van der Waals surface area contributed by atoms with Crippen LogP contribution in [0.4, 0.5) is 0 Å². The molecule has 0 radical (unpaired) electrons. The van der Waals surface area contributed by atoms with Crippen LogP contribution < -0.4 is 0 Å². The minimum atomic E-state index is -0.708. The molecule has 0 amide bonds. The summed E-state index contributed by atoms with van der Waals surface area (Å²) < 4.78 is 0. The molecular formula is C10H10O3. The third-order valence-corrected chi connectivity index (χ3v) is 1.83. The average Bonchev–Trinajstić information content (AvgIpc) is 2.09. The molecule has 68 valence electrons. The van der Waals surface area contributed by atoms with Crippen molar-refractivity contribution < 1.29 is 14.7 Å². The van der Waals surface area contributed by atoms with Crippen LogP contribution in [0.2, 0.25) is 0 Å². The van der Waals surface area contributed by atoms with Gasteiger partial charge in [-0.1, -0.05) is 12.1 Å². The molecule has 0 fully saturated rings.